The third-order valence-corrected chi connectivity index (χ3v) is 3.04. The van der Waals surface area contributed by atoms with E-state index in [0.29, 0.717) is 0 Å². The summed E-state index contributed by atoms with van der Waals surface area (Å²) in [5.41, 5.74) is 2.34. The number of carboxylic acids is 1. The van der Waals surface area contributed by atoms with Gasteiger partial charge in [0.1, 0.15) is 0 Å². The molecule has 0 saturated heterocycles. The molecule has 3 nitrogen and oxygen atoms in total. The lowest BCUT2D eigenvalue weighted by molar-refractivity contribution is -0.145. The van der Waals surface area contributed by atoms with Gasteiger partial charge in [0.15, 0.2) is 6.10 Å². The van der Waals surface area contributed by atoms with Crippen LogP contribution in [0.2, 0.25) is 0 Å². The van der Waals surface area contributed by atoms with Gasteiger partial charge in [-0.05, 0) is 12.5 Å². The first-order chi connectivity index (χ1) is 7.09. The van der Waals surface area contributed by atoms with Crippen LogP contribution in [-0.2, 0) is 10.5 Å². The zero-order valence-corrected chi connectivity index (χ0v) is 9.33. The molecule has 4 heteroatoms. The minimum Gasteiger partial charge on any atom is -0.479 e. The standard InChI is InChI=1S/C11H14O3S/c1-8-2-4-9(5-3-8)6-15-7-10(12)11(13)14/h2-5,10,12H,6-7H2,1H3,(H,13,14)/t10-/m0/s1. The van der Waals surface area contributed by atoms with Crippen molar-refractivity contribution in [2.45, 2.75) is 18.8 Å². The largest absolute Gasteiger partial charge is 0.479 e. The Morgan fingerprint density at radius 2 is 2.00 bits per heavy atom. The van der Waals surface area contributed by atoms with Crippen LogP contribution in [0.5, 0.6) is 0 Å². The van der Waals surface area contributed by atoms with Gasteiger partial charge in [-0.1, -0.05) is 29.8 Å². The summed E-state index contributed by atoms with van der Waals surface area (Å²) in [5.74, 6) is -0.209. The van der Waals surface area contributed by atoms with Crippen LogP contribution in [0.25, 0.3) is 0 Å². The molecule has 1 aromatic rings. The molecule has 82 valence electrons. The van der Waals surface area contributed by atoms with E-state index in [4.69, 9.17) is 10.2 Å². The van der Waals surface area contributed by atoms with Crippen LogP contribution < -0.4 is 0 Å². The number of rotatable bonds is 5. The van der Waals surface area contributed by atoms with E-state index in [1.54, 1.807) is 0 Å². The van der Waals surface area contributed by atoms with E-state index >= 15 is 0 Å². The van der Waals surface area contributed by atoms with Crippen LogP contribution in [0.15, 0.2) is 24.3 Å². The van der Waals surface area contributed by atoms with Crippen molar-refractivity contribution in [3.63, 3.8) is 0 Å². The second kappa shape index (κ2) is 5.78. The first-order valence-electron chi connectivity index (χ1n) is 4.64. The van der Waals surface area contributed by atoms with Crippen molar-refractivity contribution in [3.8, 4) is 0 Å². The summed E-state index contributed by atoms with van der Waals surface area (Å²) in [4.78, 5) is 10.3. The molecule has 0 aliphatic rings. The van der Waals surface area contributed by atoms with Crippen molar-refractivity contribution in [2.75, 3.05) is 5.75 Å². The predicted molar refractivity (Wildman–Crippen MR) is 61.0 cm³/mol. The van der Waals surface area contributed by atoms with Gasteiger partial charge in [-0.15, -0.1) is 0 Å². The van der Waals surface area contributed by atoms with E-state index in [2.05, 4.69) is 0 Å². The van der Waals surface area contributed by atoms with Crippen LogP contribution >= 0.6 is 11.8 Å². The number of hydrogen-bond donors (Lipinski definition) is 2. The molecule has 0 heterocycles. The number of aliphatic hydroxyl groups is 1. The first-order valence-corrected chi connectivity index (χ1v) is 5.79. The van der Waals surface area contributed by atoms with Crippen molar-refractivity contribution in [2.24, 2.45) is 0 Å². The zero-order valence-electron chi connectivity index (χ0n) is 8.51. The average Bonchev–Trinajstić information content (AvgIpc) is 2.20. The number of aliphatic hydroxyl groups excluding tert-OH is 1. The Hall–Kier alpha value is -1.00. The number of hydrogen-bond acceptors (Lipinski definition) is 3. The van der Waals surface area contributed by atoms with Gasteiger partial charge in [-0.25, -0.2) is 4.79 Å². The van der Waals surface area contributed by atoms with Crippen LogP contribution in [-0.4, -0.2) is 28.0 Å². The number of aliphatic carboxylic acids is 1. The molecule has 2 N–H and O–H groups in total. The summed E-state index contributed by atoms with van der Waals surface area (Å²) >= 11 is 1.42. The molecule has 1 rings (SSSR count). The molecule has 0 aromatic heterocycles. The maximum Gasteiger partial charge on any atom is 0.333 e. The Bertz CT molecular complexity index is 321. The molecule has 1 atom stereocenters. The lowest BCUT2D eigenvalue weighted by Gasteiger charge is -2.05. The predicted octanol–water partition coefficient (Wildman–Crippen LogP) is 1.67. The highest BCUT2D eigenvalue weighted by Gasteiger charge is 2.12. The highest BCUT2D eigenvalue weighted by Crippen LogP contribution is 2.13. The molecule has 0 radical (unpaired) electrons. The van der Waals surface area contributed by atoms with Crippen molar-refractivity contribution >= 4 is 17.7 Å². The molecule has 1 aromatic carbocycles. The van der Waals surface area contributed by atoms with E-state index in [9.17, 15) is 4.79 Å². The molecule has 0 fully saturated rings. The van der Waals surface area contributed by atoms with Crippen molar-refractivity contribution in [1.82, 2.24) is 0 Å². The minimum absolute atomic E-state index is 0.225. The van der Waals surface area contributed by atoms with Crippen molar-refractivity contribution in [1.29, 1.82) is 0 Å². The molecule has 0 amide bonds. The molecule has 0 unspecified atom stereocenters. The SMILES string of the molecule is Cc1ccc(CSC[C@H](O)C(=O)O)cc1. The normalized spacial score (nSPS) is 12.4. The number of thioether (sulfide) groups is 1. The number of carbonyl (C=O) groups is 1. The maximum absolute atomic E-state index is 10.3. The molecule has 0 spiro atoms. The van der Waals surface area contributed by atoms with Crippen molar-refractivity contribution < 1.29 is 15.0 Å². The lowest BCUT2D eigenvalue weighted by Crippen LogP contribution is -2.21. The second-order valence-corrected chi connectivity index (χ2v) is 4.39. The van der Waals surface area contributed by atoms with Gasteiger partial charge in [0, 0.05) is 11.5 Å². The second-order valence-electron chi connectivity index (χ2n) is 3.35. The van der Waals surface area contributed by atoms with Gasteiger partial charge >= 0.3 is 5.97 Å². The first kappa shape index (κ1) is 12.1. The Balaban J connectivity index is 2.32. The lowest BCUT2D eigenvalue weighted by atomic mass is 10.2. The number of aryl methyl sites for hydroxylation is 1. The summed E-state index contributed by atoms with van der Waals surface area (Å²) < 4.78 is 0. The summed E-state index contributed by atoms with van der Waals surface area (Å²) in [6.45, 7) is 2.02. The van der Waals surface area contributed by atoms with Gasteiger partial charge in [0.2, 0.25) is 0 Å². The fraction of sp³-hybridized carbons (Fsp3) is 0.364. The van der Waals surface area contributed by atoms with Crippen LogP contribution in [0.3, 0.4) is 0 Å². The van der Waals surface area contributed by atoms with Gasteiger partial charge < -0.3 is 10.2 Å². The van der Waals surface area contributed by atoms with Crippen LogP contribution in [0.4, 0.5) is 0 Å². The van der Waals surface area contributed by atoms with Gasteiger partial charge in [-0.3, -0.25) is 0 Å². The number of carboxylic acid groups (broad SMARTS) is 1. The van der Waals surface area contributed by atoms with Crippen LogP contribution in [0.1, 0.15) is 11.1 Å². The monoisotopic (exact) mass is 226 g/mol. The van der Waals surface area contributed by atoms with E-state index in [-0.39, 0.29) is 5.75 Å². The maximum atomic E-state index is 10.3. The molecule has 0 bridgehead atoms. The summed E-state index contributed by atoms with van der Waals surface area (Å²) in [6.07, 6.45) is -1.26. The number of benzene rings is 1. The third kappa shape index (κ3) is 4.36. The minimum atomic E-state index is -1.26. The summed E-state index contributed by atoms with van der Waals surface area (Å²) in [6, 6.07) is 8.05. The molecule has 15 heavy (non-hydrogen) atoms. The topological polar surface area (TPSA) is 57.5 Å². The van der Waals surface area contributed by atoms with E-state index in [1.807, 2.05) is 31.2 Å². The van der Waals surface area contributed by atoms with Gasteiger partial charge in [0.25, 0.3) is 0 Å². The Kier molecular flexibility index (Phi) is 4.65. The quantitative estimate of drug-likeness (QED) is 0.802. The van der Waals surface area contributed by atoms with E-state index in [0.717, 1.165) is 11.3 Å². The molecular formula is C11H14O3S. The molecule has 0 aliphatic heterocycles. The third-order valence-electron chi connectivity index (χ3n) is 1.95. The average molecular weight is 226 g/mol. The van der Waals surface area contributed by atoms with Crippen LogP contribution in [0, 0.1) is 6.92 Å². The van der Waals surface area contributed by atoms with Gasteiger partial charge in [-0.2, -0.15) is 11.8 Å². The van der Waals surface area contributed by atoms with Gasteiger partial charge in [0.05, 0.1) is 0 Å². The smallest absolute Gasteiger partial charge is 0.333 e. The molecular weight excluding hydrogens is 212 g/mol. The Morgan fingerprint density at radius 1 is 1.40 bits per heavy atom. The summed E-state index contributed by atoms with van der Waals surface area (Å²) in [5, 5.41) is 17.5. The zero-order chi connectivity index (χ0) is 11.3. The Labute approximate surface area is 93.1 Å². The highest BCUT2D eigenvalue weighted by atomic mass is 32.2. The van der Waals surface area contributed by atoms with E-state index < -0.39 is 12.1 Å². The van der Waals surface area contributed by atoms with E-state index in [1.165, 1.54) is 17.3 Å². The highest BCUT2D eigenvalue weighted by molar-refractivity contribution is 7.98. The summed E-state index contributed by atoms with van der Waals surface area (Å²) in [7, 11) is 0. The molecule has 0 aliphatic carbocycles. The Morgan fingerprint density at radius 3 is 2.53 bits per heavy atom. The molecule has 0 saturated carbocycles. The van der Waals surface area contributed by atoms with Crippen molar-refractivity contribution in [3.05, 3.63) is 35.4 Å². The fourth-order valence-corrected chi connectivity index (χ4v) is 1.96. The fourth-order valence-electron chi connectivity index (χ4n) is 1.04.